The molecule has 0 bridgehead atoms. The predicted octanol–water partition coefficient (Wildman–Crippen LogP) is 0.654. The fourth-order valence-electron chi connectivity index (χ4n) is 2.84. The smallest absolute Gasteiger partial charge is 0.335 e. The van der Waals surface area contributed by atoms with E-state index in [4.69, 9.17) is 0 Å². The van der Waals surface area contributed by atoms with E-state index in [1.54, 1.807) is 24.4 Å². The third-order valence-corrected chi connectivity index (χ3v) is 3.98. The first-order chi connectivity index (χ1) is 11.1. The zero-order chi connectivity index (χ0) is 16.2. The molecule has 1 saturated carbocycles. The van der Waals surface area contributed by atoms with Crippen LogP contribution < -0.4 is 16.3 Å². The summed E-state index contributed by atoms with van der Waals surface area (Å²) in [6.07, 6.45) is 6.83. The summed E-state index contributed by atoms with van der Waals surface area (Å²) in [5.74, 6) is -0.566. The van der Waals surface area contributed by atoms with Gasteiger partial charge in [0.2, 0.25) is 5.91 Å². The average Bonchev–Trinajstić information content (AvgIpc) is 2.84. The van der Waals surface area contributed by atoms with Gasteiger partial charge in [0.25, 0.3) is 0 Å². The van der Waals surface area contributed by atoms with E-state index >= 15 is 0 Å². The van der Waals surface area contributed by atoms with Gasteiger partial charge in [-0.1, -0.05) is 25.3 Å². The summed E-state index contributed by atoms with van der Waals surface area (Å²) in [6.45, 7) is -0.293. The van der Waals surface area contributed by atoms with Crippen molar-refractivity contribution < 1.29 is 9.59 Å². The van der Waals surface area contributed by atoms with Gasteiger partial charge in [-0.2, -0.15) is 0 Å². The van der Waals surface area contributed by atoms with Gasteiger partial charge < -0.3 is 5.32 Å². The van der Waals surface area contributed by atoms with E-state index in [1.165, 1.54) is 10.8 Å². The molecule has 1 aliphatic carbocycles. The van der Waals surface area contributed by atoms with Crippen LogP contribution >= 0.6 is 0 Å². The molecular formula is C15H19N5O3. The zero-order valence-corrected chi connectivity index (χ0v) is 12.7. The maximum atomic E-state index is 12.0. The van der Waals surface area contributed by atoms with Gasteiger partial charge in [0.05, 0.1) is 0 Å². The molecule has 3 rings (SSSR count). The van der Waals surface area contributed by atoms with E-state index in [9.17, 15) is 14.4 Å². The maximum Gasteiger partial charge on any atom is 0.350 e. The highest BCUT2D eigenvalue weighted by atomic mass is 16.2. The van der Waals surface area contributed by atoms with Crippen LogP contribution in [0.2, 0.25) is 0 Å². The van der Waals surface area contributed by atoms with Crippen LogP contribution in [0, 0.1) is 0 Å². The van der Waals surface area contributed by atoms with Gasteiger partial charge in [-0.3, -0.25) is 14.5 Å². The van der Waals surface area contributed by atoms with E-state index in [2.05, 4.69) is 15.7 Å². The van der Waals surface area contributed by atoms with Crippen LogP contribution in [0.15, 0.2) is 29.2 Å². The van der Waals surface area contributed by atoms with Crippen molar-refractivity contribution in [2.45, 2.75) is 44.7 Å². The van der Waals surface area contributed by atoms with E-state index in [1.807, 2.05) is 0 Å². The Morgan fingerprint density at radius 3 is 2.74 bits per heavy atom. The van der Waals surface area contributed by atoms with Crippen LogP contribution in [0.5, 0.6) is 0 Å². The van der Waals surface area contributed by atoms with Crippen molar-refractivity contribution in [2.75, 3.05) is 0 Å². The summed E-state index contributed by atoms with van der Waals surface area (Å²) < 4.78 is 2.38. The third-order valence-electron chi connectivity index (χ3n) is 3.98. The highest BCUT2D eigenvalue weighted by Crippen LogP contribution is 2.17. The molecular weight excluding hydrogens is 298 g/mol. The summed E-state index contributed by atoms with van der Waals surface area (Å²) in [4.78, 5) is 35.8. The molecule has 122 valence electrons. The maximum absolute atomic E-state index is 12.0. The second-order valence-electron chi connectivity index (χ2n) is 5.73. The van der Waals surface area contributed by atoms with Crippen LogP contribution in [-0.4, -0.2) is 32.2 Å². The minimum atomic E-state index is -0.566. The van der Waals surface area contributed by atoms with Crippen molar-refractivity contribution in [3.8, 4) is 0 Å². The Morgan fingerprint density at radius 1 is 1.22 bits per heavy atom. The third kappa shape index (κ3) is 3.58. The molecule has 3 amide bonds. The zero-order valence-electron chi connectivity index (χ0n) is 12.7. The lowest BCUT2D eigenvalue weighted by molar-refractivity contribution is -0.120. The van der Waals surface area contributed by atoms with Gasteiger partial charge in [0, 0.05) is 12.2 Å². The topological polar surface area (TPSA) is 97.5 Å². The summed E-state index contributed by atoms with van der Waals surface area (Å²) in [7, 11) is 0. The Labute approximate surface area is 132 Å². The van der Waals surface area contributed by atoms with Crippen LogP contribution in [0.1, 0.15) is 32.1 Å². The number of hydrogen-bond donors (Lipinski definition) is 2. The standard InChI is InChI=1S/C15H19N5O3/c21-13(17-14(22)16-11-6-2-1-3-7-11)10-20-15(23)19-9-5-4-8-12(19)18-20/h4-5,8-9,11H,1-3,6-7,10H2,(H2,16,17,21,22). The van der Waals surface area contributed by atoms with Crippen molar-refractivity contribution in [2.24, 2.45) is 0 Å². The predicted molar refractivity (Wildman–Crippen MR) is 83.0 cm³/mol. The minimum Gasteiger partial charge on any atom is -0.335 e. The van der Waals surface area contributed by atoms with Crippen LogP contribution in [0.25, 0.3) is 5.65 Å². The van der Waals surface area contributed by atoms with Crippen molar-refractivity contribution in [3.63, 3.8) is 0 Å². The Bertz CT molecular complexity index is 773. The summed E-state index contributed by atoms with van der Waals surface area (Å²) in [5, 5.41) is 9.09. The number of nitrogens with one attached hydrogen (secondary N) is 2. The number of fused-ring (bicyclic) bond motifs is 1. The Morgan fingerprint density at radius 2 is 2.00 bits per heavy atom. The Balaban J connectivity index is 1.58. The van der Waals surface area contributed by atoms with Crippen molar-refractivity contribution in [3.05, 3.63) is 34.9 Å². The van der Waals surface area contributed by atoms with Gasteiger partial charge in [-0.15, -0.1) is 5.10 Å². The molecule has 2 N–H and O–H groups in total. The first-order valence-electron chi connectivity index (χ1n) is 7.78. The number of hydrogen-bond acceptors (Lipinski definition) is 4. The van der Waals surface area contributed by atoms with Crippen LogP contribution in [0.3, 0.4) is 0 Å². The highest BCUT2D eigenvalue weighted by molar-refractivity contribution is 5.94. The number of nitrogens with zero attached hydrogens (tertiary/aromatic N) is 3. The van der Waals surface area contributed by atoms with Crippen LogP contribution in [-0.2, 0) is 11.3 Å². The lowest BCUT2D eigenvalue weighted by atomic mass is 9.96. The first-order valence-corrected chi connectivity index (χ1v) is 7.78. The lowest BCUT2D eigenvalue weighted by Crippen LogP contribution is -2.46. The molecule has 0 unspecified atom stereocenters. The molecule has 1 aliphatic rings. The fraction of sp³-hybridized carbons (Fsp3) is 0.467. The van der Waals surface area contributed by atoms with Gasteiger partial charge >= 0.3 is 11.7 Å². The summed E-state index contributed by atoms with van der Waals surface area (Å²) in [6, 6.07) is 4.74. The molecule has 0 aliphatic heterocycles. The number of rotatable bonds is 3. The van der Waals surface area contributed by atoms with Gasteiger partial charge in [0.15, 0.2) is 5.65 Å². The van der Waals surface area contributed by atoms with Crippen molar-refractivity contribution in [1.29, 1.82) is 0 Å². The number of amides is 3. The number of imide groups is 1. The molecule has 2 heterocycles. The van der Waals surface area contributed by atoms with Crippen LogP contribution in [0.4, 0.5) is 4.79 Å². The second-order valence-corrected chi connectivity index (χ2v) is 5.73. The molecule has 2 aromatic heterocycles. The van der Waals surface area contributed by atoms with Gasteiger partial charge in [-0.25, -0.2) is 14.3 Å². The molecule has 0 spiro atoms. The Hall–Kier alpha value is -2.64. The molecule has 2 aromatic rings. The number of pyridine rings is 1. The summed E-state index contributed by atoms with van der Waals surface area (Å²) >= 11 is 0. The highest BCUT2D eigenvalue weighted by Gasteiger charge is 2.18. The van der Waals surface area contributed by atoms with Crippen molar-refractivity contribution >= 4 is 17.6 Å². The number of carbonyl (C=O) groups is 2. The largest absolute Gasteiger partial charge is 0.350 e. The molecule has 8 heteroatoms. The average molecular weight is 317 g/mol. The molecule has 8 nitrogen and oxygen atoms in total. The number of urea groups is 1. The lowest BCUT2D eigenvalue weighted by Gasteiger charge is -2.22. The monoisotopic (exact) mass is 317 g/mol. The van der Waals surface area contributed by atoms with Crippen molar-refractivity contribution in [1.82, 2.24) is 24.8 Å². The minimum absolute atomic E-state index is 0.120. The van der Waals surface area contributed by atoms with E-state index in [-0.39, 0.29) is 12.6 Å². The molecule has 0 atom stereocenters. The fourth-order valence-corrected chi connectivity index (χ4v) is 2.84. The quantitative estimate of drug-likeness (QED) is 0.868. The van der Waals surface area contributed by atoms with Gasteiger partial charge in [-0.05, 0) is 25.0 Å². The Kier molecular flexibility index (Phi) is 4.40. The summed E-state index contributed by atoms with van der Waals surface area (Å²) in [5.41, 5.74) is 0.0420. The molecule has 0 aromatic carbocycles. The van der Waals surface area contributed by atoms with E-state index in [0.717, 1.165) is 30.4 Å². The number of carbonyl (C=O) groups excluding carboxylic acids is 2. The van der Waals surface area contributed by atoms with E-state index in [0.29, 0.717) is 5.65 Å². The normalized spacial score (nSPS) is 15.5. The molecule has 0 saturated heterocycles. The molecule has 0 radical (unpaired) electrons. The molecule has 23 heavy (non-hydrogen) atoms. The van der Waals surface area contributed by atoms with E-state index < -0.39 is 17.6 Å². The molecule has 1 fully saturated rings. The second kappa shape index (κ2) is 6.64. The number of aromatic nitrogens is 3. The van der Waals surface area contributed by atoms with Gasteiger partial charge in [0.1, 0.15) is 6.54 Å². The SMILES string of the molecule is O=C(Cn1nc2ccccn2c1=O)NC(=O)NC1CCCCC1. The first kappa shape index (κ1) is 15.3.